The fraction of sp³-hybridized carbons (Fsp3) is 0.294. The lowest BCUT2D eigenvalue weighted by atomic mass is 9.76. The van der Waals surface area contributed by atoms with Crippen LogP contribution in [0.1, 0.15) is 11.6 Å². The quantitative estimate of drug-likeness (QED) is 0.896. The predicted octanol–water partition coefficient (Wildman–Crippen LogP) is 2.36. The van der Waals surface area contributed by atoms with Gasteiger partial charge < -0.3 is 15.6 Å². The molecule has 2 aromatic rings. The van der Waals surface area contributed by atoms with E-state index in [0.717, 1.165) is 5.56 Å². The third-order valence-corrected chi connectivity index (χ3v) is 4.13. The Morgan fingerprint density at radius 2 is 1.60 bits per heavy atom. The summed E-state index contributed by atoms with van der Waals surface area (Å²) in [6, 6.07) is 18.3. The number of aliphatic hydroxyl groups is 1. The first-order chi connectivity index (χ1) is 9.75. The number of nitrogens with two attached hydrogens (primary N) is 1. The van der Waals surface area contributed by atoms with E-state index in [9.17, 15) is 5.11 Å². The molecule has 1 atom stereocenters. The molecule has 0 saturated carbocycles. The number of aliphatic hydroxyl groups excluding tert-OH is 1. The molecule has 104 valence electrons. The minimum atomic E-state index is -0.311. The zero-order chi connectivity index (χ0) is 14.0. The zero-order valence-electron chi connectivity index (χ0n) is 11.3. The molecule has 0 spiro atoms. The van der Waals surface area contributed by atoms with Crippen molar-refractivity contribution in [3.05, 3.63) is 60.2 Å². The molecule has 3 N–H and O–H groups in total. The van der Waals surface area contributed by atoms with Gasteiger partial charge in [-0.05, 0) is 16.7 Å². The average Bonchev–Trinajstić information content (AvgIpc) is 2.48. The lowest BCUT2D eigenvalue weighted by Gasteiger charge is -2.44. The SMILES string of the molecule is NC(c1ccc(-c2ccccc2)cc1)C1(CO)COC1. The predicted molar refractivity (Wildman–Crippen MR) is 79.1 cm³/mol. The van der Waals surface area contributed by atoms with E-state index in [2.05, 4.69) is 24.3 Å². The van der Waals surface area contributed by atoms with Gasteiger partial charge in [0.05, 0.1) is 25.2 Å². The van der Waals surface area contributed by atoms with Crippen LogP contribution in [0.5, 0.6) is 0 Å². The first-order valence-electron chi connectivity index (χ1n) is 6.85. The standard InChI is InChI=1S/C17H19NO2/c18-16(17(10-19)11-20-12-17)15-8-6-14(7-9-15)13-4-2-1-3-5-13/h1-9,16,19H,10-12,18H2. The molecule has 0 amide bonds. The molecule has 3 nitrogen and oxygen atoms in total. The van der Waals surface area contributed by atoms with Crippen LogP contribution in [-0.4, -0.2) is 24.9 Å². The molecule has 1 fully saturated rings. The third-order valence-electron chi connectivity index (χ3n) is 4.13. The van der Waals surface area contributed by atoms with Gasteiger partial charge in [0.15, 0.2) is 0 Å². The highest BCUT2D eigenvalue weighted by Crippen LogP contribution is 2.38. The minimum absolute atomic E-state index is 0.0641. The van der Waals surface area contributed by atoms with E-state index in [1.165, 1.54) is 11.1 Å². The summed E-state index contributed by atoms with van der Waals surface area (Å²) in [7, 11) is 0. The number of ether oxygens (including phenoxy) is 1. The average molecular weight is 269 g/mol. The largest absolute Gasteiger partial charge is 0.396 e. The molecule has 0 radical (unpaired) electrons. The molecule has 3 heteroatoms. The van der Waals surface area contributed by atoms with Gasteiger partial charge in [0.2, 0.25) is 0 Å². The van der Waals surface area contributed by atoms with Crippen molar-refractivity contribution >= 4 is 0 Å². The molecule has 0 aromatic heterocycles. The Labute approximate surface area is 119 Å². The Hall–Kier alpha value is -1.68. The van der Waals surface area contributed by atoms with Gasteiger partial charge in [0, 0.05) is 6.04 Å². The fourth-order valence-corrected chi connectivity index (χ4v) is 2.60. The van der Waals surface area contributed by atoms with Crippen LogP contribution < -0.4 is 5.73 Å². The maximum absolute atomic E-state index is 9.54. The van der Waals surface area contributed by atoms with Gasteiger partial charge in [-0.2, -0.15) is 0 Å². The highest BCUT2D eigenvalue weighted by molar-refractivity contribution is 5.63. The van der Waals surface area contributed by atoms with Crippen LogP contribution in [0.3, 0.4) is 0 Å². The van der Waals surface area contributed by atoms with Gasteiger partial charge in [0.25, 0.3) is 0 Å². The van der Waals surface area contributed by atoms with Crippen LogP contribution in [0, 0.1) is 5.41 Å². The van der Waals surface area contributed by atoms with Crippen molar-refractivity contribution < 1.29 is 9.84 Å². The molecule has 2 aromatic carbocycles. The molecule has 3 rings (SSSR count). The summed E-state index contributed by atoms with van der Waals surface area (Å²) in [5, 5.41) is 9.54. The summed E-state index contributed by atoms with van der Waals surface area (Å²) in [6.07, 6.45) is 0. The number of rotatable bonds is 4. The molecule has 0 bridgehead atoms. The van der Waals surface area contributed by atoms with E-state index in [4.69, 9.17) is 10.5 Å². The first kappa shape index (κ1) is 13.3. The Morgan fingerprint density at radius 1 is 1.00 bits per heavy atom. The van der Waals surface area contributed by atoms with Crippen molar-refractivity contribution in [2.75, 3.05) is 19.8 Å². The summed E-state index contributed by atoms with van der Waals surface area (Å²) in [5.74, 6) is 0. The molecule has 1 aliphatic rings. The second-order valence-electron chi connectivity index (χ2n) is 5.48. The van der Waals surface area contributed by atoms with Crippen LogP contribution in [-0.2, 0) is 4.74 Å². The van der Waals surface area contributed by atoms with Crippen LogP contribution in [0.25, 0.3) is 11.1 Å². The van der Waals surface area contributed by atoms with Crippen molar-refractivity contribution in [3.63, 3.8) is 0 Å². The fourth-order valence-electron chi connectivity index (χ4n) is 2.60. The second-order valence-corrected chi connectivity index (χ2v) is 5.48. The summed E-state index contributed by atoms with van der Waals surface area (Å²) < 4.78 is 5.22. The second kappa shape index (κ2) is 5.37. The lowest BCUT2D eigenvalue weighted by molar-refractivity contribution is -0.150. The van der Waals surface area contributed by atoms with E-state index in [1.807, 2.05) is 30.3 Å². The summed E-state index contributed by atoms with van der Waals surface area (Å²) >= 11 is 0. The minimum Gasteiger partial charge on any atom is -0.396 e. The third kappa shape index (κ3) is 2.24. The zero-order valence-corrected chi connectivity index (χ0v) is 11.3. The van der Waals surface area contributed by atoms with Gasteiger partial charge >= 0.3 is 0 Å². The van der Waals surface area contributed by atoms with Crippen LogP contribution >= 0.6 is 0 Å². The Balaban J connectivity index is 1.83. The van der Waals surface area contributed by atoms with E-state index in [1.54, 1.807) is 0 Å². The maximum atomic E-state index is 9.54. The van der Waals surface area contributed by atoms with E-state index < -0.39 is 0 Å². The summed E-state index contributed by atoms with van der Waals surface area (Å²) in [6.45, 7) is 1.13. The highest BCUT2D eigenvalue weighted by Gasteiger charge is 2.44. The smallest absolute Gasteiger partial charge is 0.0594 e. The lowest BCUT2D eigenvalue weighted by Crippen LogP contribution is -2.52. The van der Waals surface area contributed by atoms with Crippen LogP contribution in [0.15, 0.2) is 54.6 Å². The topological polar surface area (TPSA) is 55.5 Å². The van der Waals surface area contributed by atoms with E-state index in [0.29, 0.717) is 13.2 Å². The molecule has 1 unspecified atom stereocenters. The van der Waals surface area contributed by atoms with E-state index >= 15 is 0 Å². The highest BCUT2D eigenvalue weighted by atomic mass is 16.5. The van der Waals surface area contributed by atoms with Crippen molar-refractivity contribution in [3.8, 4) is 11.1 Å². The molecular formula is C17H19NO2. The number of hydrogen-bond acceptors (Lipinski definition) is 3. The summed E-state index contributed by atoms with van der Waals surface area (Å²) in [5.41, 5.74) is 9.39. The van der Waals surface area contributed by atoms with Crippen molar-refractivity contribution in [1.29, 1.82) is 0 Å². The molecular weight excluding hydrogens is 250 g/mol. The van der Waals surface area contributed by atoms with Crippen molar-refractivity contribution in [1.82, 2.24) is 0 Å². The van der Waals surface area contributed by atoms with Gasteiger partial charge in [-0.1, -0.05) is 54.6 Å². The molecule has 1 heterocycles. The van der Waals surface area contributed by atoms with Gasteiger partial charge in [-0.3, -0.25) is 0 Å². The van der Waals surface area contributed by atoms with Crippen molar-refractivity contribution in [2.24, 2.45) is 11.1 Å². The van der Waals surface area contributed by atoms with E-state index in [-0.39, 0.29) is 18.1 Å². The van der Waals surface area contributed by atoms with Crippen molar-refractivity contribution in [2.45, 2.75) is 6.04 Å². The summed E-state index contributed by atoms with van der Waals surface area (Å²) in [4.78, 5) is 0. The first-order valence-corrected chi connectivity index (χ1v) is 6.85. The number of hydrogen-bond donors (Lipinski definition) is 2. The Morgan fingerprint density at radius 3 is 2.10 bits per heavy atom. The molecule has 1 aliphatic heterocycles. The Kier molecular flexibility index (Phi) is 3.57. The molecule has 20 heavy (non-hydrogen) atoms. The number of benzene rings is 2. The Bertz CT molecular complexity index is 556. The van der Waals surface area contributed by atoms with Gasteiger partial charge in [0.1, 0.15) is 0 Å². The maximum Gasteiger partial charge on any atom is 0.0594 e. The van der Waals surface area contributed by atoms with Gasteiger partial charge in [-0.25, -0.2) is 0 Å². The molecule has 1 saturated heterocycles. The molecule has 0 aliphatic carbocycles. The van der Waals surface area contributed by atoms with Gasteiger partial charge in [-0.15, -0.1) is 0 Å². The normalized spacial score (nSPS) is 18.3. The van der Waals surface area contributed by atoms with Crippen LogP contribution in [0.2, 0.25) is 0 Å². The monoisotopic (exact) mass is 269 g/mol. The van der Waals surface area contributed by atoms with Crippen LogP contribution in [0.4, 0.5) is 0 Å².